The van der Waals surface area contributed by atoms with Gasteiger partial charge in [0.1, 0.15) is 6.61 Å². The fourth-order valence-electron chi connectivity index (χ4n) is 1.04. The van der Waals surface area contributed by atoms with Crippen LogP contribution in [0.4, 0.5) is 0 Å². The zero-order valence-corrected chi connectivity index (χ0v) is 12.7. The summed E-state index contributed by atoms with van der Waals surface area (Å²) in [4.78, 5) is 11.3. The van der Waals surface area contributed by atoms with E-state index in [1.807, 2.05) is 71.9 Å². The second-order valence-electron chi connectivity index (χ2n) is 3.40. The first kappa shape index (κ1) is 19.0. The van der Waals surface area contributed by atoms with Gasteiger partial charge in [-0.2, -0.15) is 0 Å². The van der Waals surface area contributed by atoms with Crippen LogP contribution < -0.4 is 0 Å². The van der Waals surface area contributed by atoms with E-state index in [0.29, 0.717) is 6.61 Å². The maximum atomic E-state index is 11.3. The number of hydrogen-bond donors (Lipinski definition) is 0. The molecule has 0 aliphatic heterocycles. The molecule has 2 heteroatoms. The van der Waals surface area contributed by atoms with E-state index in [-0.39, 0.29) is 11.9 Å². The highest BCUT2D eigenvalue weighted by Crippen LogP contribution is 2.06. The Hall–Kier alpha value is -1.31. The Morgan fingerprint density at radius 3 is 2.06 bits per heavy atom. The molecule has 0 bridgehead atoms. The molecule has 0 saturated heterocycles. The van der Waals surface area contributed by atoms with E-state index >= 15 is 0 Å². The number of hydrogen-bond acceptors (Lipinski definition) is 2. The van der Waals surface area contributed by atoms with Gasteiger partial charge in [0, 0.05) is 0 Å². The van der Waals surface area contributed by atoms with Crippen molar-refractivity contribution in [3.05, 3.63) is 35.9 Å². The summed E-state index contributed by atoms with van der Waals surface area (Å²) < 4.78 is 5.14. The first-order valence-electron chi connectivity index (χ1n) is 6.94. The number of carbonyl (C=O) groups is 1. The van der Waals surface area contributed by atoms with Crippen molar-refractivity contribution in [2.75, 3.05) is 0 Å². The highest BCUT2D eigenvalue weighted by molar-refractivity contribution is 5.71. The summed E-state index contributed by atoms with van der Waals surface area (Å²) in [5, 5.41) is 0. The highest BCUT2D eigenvalue weighted by Gasteiger charge is 2.11. The quantitative estimate of drug-likeness (QED) is 0.717. The number of esters is 1. The zero-order valence-electron chi connectivity index (χ0n) is 12.7. The normalized spacial score (nSPS) is 10.1. The van der Waals surface area contributed by atoms with E-state index in [1.165, 1.54) is 0 Å². The van der Waals surface area contributed by atoms with Crippen LogP contribution in [-0.4, -0.2) is 5.97 Å². The third-order valence-electron chi connectivity index (χ3n) is 2.24. The molecule has 18 heavy (non-hydrogen) atoms. The molecule has 0 radical (unpaired) electrons. The molecule has 0 aromatic heterocycles. The van der Waals surface area contributed by atoms with E-state index in [1.54, 1.807) is 0 Å². The molecule has 0 N–H and O–H groups in total. The summed E-state index contributed by atoms with van der Waals surface area (Å²) in [6.07, 6.45) is 0.827. The van der Waals surface area contributed by atoms with Crippen LogP contribution in [0.3, 0.4) is 0 Å². The molecule has 104 valence electrons. The van der Waals surface area contributed by atoms with Gasteiger partial charge in [0.05, 0.1) is 5.92 Å². The Labute approximate surface area is 112 Å². The van der Waals surface area contributed by atoms with Gasteiger partial charge in [-0.15, -0.1) is 0 Å². The lowest BCUT2D eigenvalue weighted by molar-refractivity contribution is -0.149. The number of carbonyl (C=O) groups excluding carboxylic acids is 1. The standard InChI is InChI=1S/C12H16O2.2C2H6/c1-3-10(2)12(13)14-9-11-7-5-4-6-8-11;2*1-2/h4-8,10H,3,9H2,1-2H3;2*1-2H3. The van der Waals surface area contributed by atoms with Crippen LogP contribution in [0.1, 0.15) is 53.5 Å². The fraction of sp³-hybridized carbons (Fsp3) is 0.562. The van der Waals surface area contributed by atoms with E-state index in [9.17, 15) is 4.79 Å². The molecular formula is C16H28O2. The molecule has 1 unspecified atom stereocenters. The minimum absolute atomic E-state index is 0.00119. The second kappa shape index (κ2) is 13.8. The van der Waals surface area contributed by atoms with E-state index in [2.05, 4.69) is 0 Å². The molecule has 0 heterocycles. The van der Waals surface area contributed by atoms with Crippen LogP contribution in [0.2, 0.25) is 0 Å². The Bertz CT molecular complexity index is 280. The Kier molecular flexibility index (Phi) is 14.5. The molecule has 0 spiro atoms. The Balaban J connectivity index is 0. The molecule has 1 aromatic rings. The van der Waals surface area contributed by atoms with Gasteiger partial charge in [0.25, 0.3) is 0 Å². The second-order valence-corrected chi connectivity index (χ2v) is 3.40. The predicted molar refractivity (Wildman–Crippen MR) is 78.4 cm³/mol. The summed E-state index contributed by atoms with van der Waals surface area (Å²) >= 11 is 0. The third kappa shape index (κ3) is 8.80. The number of rotatable bonds is 4. The topological polar surface area (TPSA) is 26.3 Å². The van der Waals surface area contributed by atoms with Gasteiger partial charge >= 0.3 is 5.97 Å². The largest absolute Gasteiger partial charge is 0.461 e. The smallest absolute Gasteiger partial charge is 0.308 e. The molecule has 0 saturated carbocycles. The average Bonchev–Trinajstić information content (AvgIpc) is 2.49. The van der Waals surface area contributed by atoms with Crippen molar-refractivity contribution in [3.8, 4) is 0 Å². The van der Waals surface area contributed by atoms with Gasteiger partial charge < -0.3 is 4.74 Å². The van der Waals surface area contributed by atoms with E-state index in [0.717, 1.165) is 12.0 Å². The molecule has 1 aromatic carbocycles. The van der Waals surface area contributed by atoms with Crippen LogP contribution in [-0.2, 0) is 16.1 Å². The average molecular weight is 252 g/mol. The summed E-state index contributed by atoms with van der Waals surface area (Å²) in [5.74, 6) is -0.116. The van der Waals surface area contributed by atoms with Gasteiger partial charge in [-0.05, 0) is 12.0 Å². The molecule has 0 aliphatic carbocycles. The Morgan fingerprint density at radius 2 is 1.61 bits per heavy atom. The summed E-state index contributed by atoms with van der Waals surface area (Å²) in [6, 6.07) is 9.71. The fourth-order valence-corrected chi connectivity index (χ4v) is 1.04. The molecule has 1 rings (SSSR count). The lowest BCUT2D eigenvalue weighted by atomic mass is 10.1. The first-order chi connectivity index (χ1) is 8.74. The van der Waals surface area contributed by atoms with Gasteiger partial charge in [-0.25, -0.2) is 0 Å². The maximum absolute atomic E-state index is 11.3. The zero-order chi connectivity index (χ0) is 14.4. The lowest BCUT2D eigenvalue weighted by Crippen LogP contribution is -2.13. The van der Waals surface area contributed by atoms with Gasteiger partial charge in [0.15, 0.2) is 0 Å². The highest BCUT2D eigenvalue weighted by atomic mass is 16.5. The molecule has 0 aliphatic rings. The Morgan fingerprint density at radius 1 is 1.11 bits per heavy atom. The van der Waals surface area contributed by atoms with Gasteiger partial charge in [-0.1, -0.05) is 71.9 Å². The molecule has 1 atom stereocenters. The predicted octanol–water partition coefficient (Wildman–Crippen LogP) is 4.83. The summed E-state index contributed by atoms with van der Waals surface area (Å²) in [5.41, 5.74) is 1.03. The van der Waals surface area contributed by atoms with Crippen molar-refractivity contribution in [3.63, 3.8) is 0 Å². The lowest BCUT2D eigenvalue weighted by Gasteiger charge is -2.08. The first-order valence-corrected chi connectivity index (χ1v) is 6.94. The van der Waals surface area contributed by atoms with Crippen molar-refractivity contribution in [1.29, 1.82) is 0 Å². The monoisotopic (exact) mass is 252 g/mol. The van der Waals surface area contributed by atoms with Crippen molar-refractivity contribution < 1.29 is 9.53 Å². The van der Waals surface area contributed by atoms with E-state index < -0.39 is 0 Å². The van der Waals surface area contributed by atoms with Crippen molar-refractivity contribution >= 4 is 5.97 Å². The number of ether oxygens (including phenoxy) is 1. The molecular weight excluding hydrogens is 224 g/mol. The van der Waals surface area contributed by atoms with Crippen LogP contribution >= 0.6 is 0 Å². The van der Waals surface area contributed by atoms with Crippen LogP contribution in [0.15, 0.2) is 30.3 Å². The summed E-state index contributed by atoms with van der Waals surface area (Å²) in [7, 11) is 0. The van der Waals surface area contributed by atoms with Crippen LogP contribution in [0, 0.1) is 5.92 Å². The van der Waals surface area contributed by atoms with Crippen molar-refractivity contribution in [1.82, 2.24) is 0 Å². The van der Waals surface area contributed by atoms with E-state index in [4.69, 9.17) is 4.74 Å². The SMILES string of the molecule is CC.CC.CCC(C)C(=O)OCc1ccccc1. The van der Waals surface area contributed by atoms with Crippen molar-refractivity contribution in [2.24, 2.45) is 5.92 Å². The molecule has 2 nitrogen and oxygen atoms in total. The molecule has 0 amide bonds. The van der Waals surface area contributed by atoms with Crippen LogP contribution in [0.25, 0.3) is 0 Å². The molecule has 0 fully saturated rings. The number of benzene rings is 1. The summed E-state index contributed by atoms with van der Waals surface area (Å²) in [6.45, 7) is 12.2. The van der Waals surface area contributed by atoms with Gasteiger partial charge in [-0.3, -0.25) is 4.79 Å². The van der Waals surface area contributed by atoms with Crippen LogP contribution in [0.5, 0.6) is 0 Å². The maximum Gasteiger partial charge on any atom is 0.308 e. The van der Waals surface area contributed by atoms with Crippen molar-refractivity contribution in [2.45, 2.75) is 54.6 Å². The van der Waals surface area contributed by atoms with Gasteiger partial charge in [0.2, 0.25) is 0 Å². The minimum atomic E-state index is -0.114. The third-order valence-corrected chi connectivity index (χ3v) is 2.24. The minimum Gasteiger partial charge on any atom is -0.461 e.